The standard InChI is InChI=1S/C24H18Cl2N4O6S/c25-16-4-7-20-18(11-16)19(26)12-21(29-20)14-1-5-17(6-2-14)37(34,35)30-23(32)15-3-8-22(28-13-15)36-24(33)27-9-10-31/h1-8,11-13,31H,9-10H2,(H,27,33)(H,30,32). The minimum absolute atomic E-state index is 0.00000125. The van der Waals surface area contributed by atoms with Crippen molar-refractivity contribution in [2.75, 3.05) is 13.2 Å². The van der Waals surface area contributed by atoms with E-state index in [2.05, 4.69) is 15.3 Å². The first-order valence-electron chi connectivity index (χ1n) is 10.6. The maximum atomic E-state index is 12.7. The van der Waals surface area contributed by atoms with E-state index in [1.54, 1.807) is 36.4 Å². The number of nitrogens with zero attached hydrogens (tertiary/aromatic N) is 2. The molecule has 37 heavy (non-hydrogen) atoms. The second kappa shape index (κ2) is 11.1. The predicted octanol–water partition coefficient (Wildman–Crippen LogP) is 3.80. The molecule has 190 valence electrons. The fourth-order valence-electron chi connectivity index (χ4n) is 3.21. The topological polar surface area (TPSA) is 148 Å². The minimum Gasteiger partial charge on any atom is -0.395 e. The molecule has 4 rings (SSSR count). The average molecular weight is 561 g/mol. The van der Waals surface area contributed by atoms with E-state index in [4.69, 9.17) is 33.0 Å². The van der Waals surface area contributed by atoms with E-state index >= 15 is 0 Å². The van der Waals surface area contributed by atoms with E-state index < -0.39 is 22.0 Å². The van der Waals surface area contributed by atoms with Crippen LogP contribution in [0.4, 0.5) is 4.79 Å². The Morgan fingerprint density at radius 1 is 1.00 bits per heavy atom. The van der Waals surface area contributed by atoms with E-state index in [1.165, 1.54) is 24.3 Å². The molecule has 13 heteroatoms. The zero-order chi connectivity index (χ0) is 26.6. The number of carbonyl (C=O) groups is 2. The molecule has 0 radical (unpaired) electrons. The van der Waals surface area contributed by atoms with Crippen LogP contribution in [-0.4, -0.2) is 48.6 Å². The quantitative estimate of drug-likeness (QED) is 0.309. The highest BCUT2D eigenvalue weighted by atomic mass is 35.5. The summed E-state index contributed by atoms with van der Waals surface area (Å²) in [4.78, 5) is 32.2. The lowest BCUT2D eigenvalue weighted by Gasteiger charge is -2.09. The summed E-state index contributed by atoms with van der Waals surface area (Å²) in [7, 11) is -4.20. The van der Waals surface area contributed by atoms with Gasteiger partial charge in [-0.3, -0.25) is 4.79 Å². The zero-order valence-corrected chi connectivity index (χ0v) is 21.1. The number of sulfonamides is 1. The van der Waals surface area contributed by atoms with E-state index in [0.29, 0.717) is 32.2 Å². The SMILES string of the molecule is O=C(NCCO)Oc1ccc(C(=O)NS(=O)(=O)c2ccc(-c3cc(Cl)c4cc(Cl)ccc4n3)cc2)cn1. The molecule has 0 spiro atoms. The third kappa shape index (κ3) is 6.33. The Morgan fingerprint density at radius 3 is 2.43 bits per heavy atom. The van der Waals surface area contributed by atoms with Gasteiger partial charge in [-0.25, -0.2) is 27.9 Å². The number of fused-ring (bicyclic) bond motifs is 1. The first-order chi connectivity index (χ1) is 17.7. The Bertz CT molecular complexity index is 1580. The molecular weight excluding hydrogens is 543 g/mol. The molecule has 0 aliphatic carbocycles. The average Bonchev–Trinajstić information content (AvgIpc) is 2.88. The highest BCUT2D eigenvalue weighted by Crippen LogP contribution is 2.30. The first kappa shape index (κ1) is 26.3. The van der Waals surface area contributed by atoms with Gasteiger partial charge in [0, 0.05) is 34.8 Å². The summed E-state index contributed by atoms with van der Waals surface area (Å²) < 4.78 is 32.3. The van der Waals surface area contributed by atoms with E-state index in [0.717, 1.165) is 6.20 Å². The third-order valence-electron chi connectivity index (χ3n) is 4.98. The van der Waals surface area contributed by atoms with Gasteiger partial charge in [0.15, 0.2) is 0 Å². The second-order valence-electron chi connectivity index (χ2n) is 7.53. The molecule has 0 aliphatic rings. The molecule has 0 saturated carbocycles. The Labute approximate surface area is 221 Å². The van der Waals surface area contributed by atoms with Gasteiger partial charge in [0.25, 0.3) is 15.9 Å². The van der Waals surface area contributed by atoms with Gasteiger partial charge in [-0.1, -0.05) is 35.3 Å². The molecule has 0 bridgehead atoms. The number of pyridine rings is 2. The molecule has 2 amide bonds. The number of ether oxygens (including phenoxy) is 1. The van der Waals surface area contributed by atoms with Crippen molar-refractivity contribution in [3.05, 3.63) is 82.5 Å². The normalized spacial score (nSPS) is 11.2. The maximum Gasteiger partial charge on any atom is 0.414 e. The number of aliphatic hydroxyl groups excluding tert-OH is 1. The lowest BCUT2D eigenvalue weighted by molar-refractivity contribution is 0.0981. The molecule has 0 unspecified atom stereocenters. The molecule has 0 aliphatic heterocycles. The Morgan fingerprint density at radius 2 is 1.76 bits per heavy atom. The van der Waals surface area contributed by atoms with Crippen molar-refractivity contribution >= 4 is 56.1 Å². The van der Waals surface area contributed by atoms with E-state index in [1.807, 2.05) is 4.72 Å². The van der Waals surface area contributed by atoms with Crippen LogP contribution in [0, 0.1) is 0 Å². The molecule has 0 saturated heterocycles. The highest BCUT2D eigenvalue weighted by Gasteiger charge is 2.20. The number of carbonyl (C=O) groups excluding carboxylic acids is 2. The van der Waals surface area contributed by atoms with Crippen LogP contribution in [0.1, 0.15) is 10.4 Å². The van der Waals surface area contributed by atoms with Gasteiger partial charge in [-0.2, -0.15) is 0 Å². The number of hydrogen-bond donors (Lipinski definition) is 3. The lowest BCUT2D eigenvalue weighted by atomic mass is 10.1. The molecule has 4 aromatic rings. The summed E-state index contributed by atoms with van der Waals surface area (Å²) in [5.74, 6) is -1.04. The van der Waals surface area contributed by atoms with Crippen LogP contribution in [0.15, 0.2) is 71.8 Å². The van der Waals surface area contributed by atoms with Crippen LogP contribution >= 0.6 is 23.2 Å². The summed E-state index contributed by atoms with van der Waals surface area (Å²) >= 11 is 12.4. The highest BCUT2D eigenvalue weighted by molar-refractivity contribution is 7.90. The fraction of sp³-hybridized carbons (Fsp3) is 0.0833. The number of benzene rings is 2. The van der Waals surface area contributed by atoms with Gasteiger partial charge in [0.2, 0.25) is 5.88 Å². The van der Waals surface area contributed by atoms with E-state index in [9.17, 15) is 18.0 Å². The number of amides is 2. The van der Waals surface area contributed by atoms with Crippen molar-refractivity contribution in [3.63, 3.8) is 0 Å². The van der Waals surface area contributed by atoms with E-state index in [-0.39, 0.29) is 29.5 Å². The molecular formula is C24H18Cl2N4O6S. The van der Waals surface area contributed by atoms with Crippen molar-refractivity contribution in [2.24, 2.45) is 0 Å². The summed E-state index contributed by atoms with van der Waals surface area (Å²) in [6.07, 6.45) is 0.223. The van der Waals surface area contributed by atoms with Gasteiger partial charge >= 0.3 is 6.09 Å². The number of nitrogens with one attached hydrogen (secondary N) is 2. The van der Waals surface area contributed by atoms with Crippen molar-refractivity contribution in [1.82, 2.24) is 20.0 Å². The monoisotopic (exact) mass is 560 g/mol. The molecule has 0 atom stereocenters. The fourth-order valence-corrected chi connectivity index (χ4v) is 4.61. The smallest absolute Gasteiger partial charge is 0.395 e. The molecule has 10 nitrogen and oxygen atoms in total. The van der Waals surface area contributed by atoms with Crippen molar-refractivity contribution < 1.29 is 27.9 Å². The van der Waals surface area contributed by atoms with Crippen LogP contribution in [0.2, 0.25) is 10.0 Å². The number of aliphatic hydroxyl groups is 1. The van der Waals surface area contributed by atoms with Crippen LogP contribution in [0.25, 0.3) is 22.2 Å². The van der Waals surface area contributed by atoms with Crippen LogP contribution < -0.4 is 14.8 Å². The van der Waals surface area contributed by atoms with Gasteiger partial charge in [-0.15, -0.1) is 0 Å². The van der Waals surface area contributed by atoms with Crippen molar-refractivity contribution in [2.45, 2.75) is 4.90 Å². The number of rotatable bonds is 7. The first-order valence-corrected chi connectivity index (χ1v) is 12.9. The largest absolute Gasteiger partial charge is 0.414 e. The van der Waals surface area contributed by atoms with Crippen LogP contribution in [0.5, 0.6) is 5.88 Å². The summed E-state index contributed by atoms with van der Waals surface area (Å²) in [5.41, 5.74) is 1.71. The zero-order valence-electron chi connectivity index (χ0n) is 18.8. The number of hydrogen-bond acceptors (Lipinski definition) is 8. The van der Waals surface area contributed by atoms with Gasteiger partial charge in [0.1, 0.15) is 0 Å². The Balaban J connectivity index is 1.46. The van der Waals surface area contributed by atoms with Crippen LogP contribution in [-0.2, 0) is 10.0 Å². The Kier molecular flexibility index (Phi) is 7.89. The van der Waals surface area contributed by atoms with Crippen molar-refractivity contribution in [1.29, 1.82) is 0 Å². The number of halogens is 2. The molecule has 2 heterocycles. The van der Waals surface area contributed by atoms with Crippen molar-refractivity contribution in [3.8, 4) is 17.1 Å². The second-order valence-corrected chi connectivity index (χ2v) is 10.1. The number of aromatic nitrogens is 2. The summed E-state index contributed by atoms with van der Waals surface area (Å²) in [5, 5.41) is 12.6. The molecule has 3 N–H and O–H groups in total. The third-order valence-corrected chi connectivity index (χ3v) is 6.88. The Hall–Kier alpha value is -3.77. The van der Waals surface area contributed by atoms with Gasteiger partial charge in [0.05, 0.1) is 33.3 Å². The maximum absolute atomic E-state index is 12.7. The predicted molar refractivity (Wildman–Crippen MR) is 137 cm³/mol. The summed E-state index contributed by atoms with van der Waals surface area (Å²) in [6, 6.07) is 15.1. The van der Waals surface area contributed by atoms with Crippen LogP contribution in [0.3, 0.4) is 0 Å². The van der Waals surface area contributed by atoms with Gasteiger partial charge < -0.3 is 15.2 Å². The van der Waals surface area contributed by atoms with Gasteiger partial charge in [-0.05, 0) is 42.5 Å². The minimum atomic E-state index is -4.20. The lowest BCUT2D eigenvalue weighted by Crippen LogP contribution is -2.31. The molecule has 2 aromatic heterocycles. The molecule has 0 fully saturated rings. The molecule has 2 aromatic carbocycles. The summed E-state index contributed by atoms with van der Waals surface area (Å²) in [6.45, 7) is -0.261.